The summed E-state index contributed by atoms with van der Waals surface area (Å²) in [6.45, 7) is 12.8. The first-order chi connectivity index (χ1) is 14.9. The summed E-state index contributed by atoms with van der Waals surface area (Å²) in [5.74, 6) is 1.58. The van der Waals surface area contributed by atoms with Crippen LogP contribution in [0.3, 0.4) is 0 Å². The van der Waals surface area contributed by atoms with Crippen LogP contribution in [0.15, 0.2) is 33.8 Å². The first-order valence-corrected chi connectivity index (χ1v) is 10.8. The van der Waals surface area contributed by atoms with Gasteiger partial charge >= 0.3 is 0 Å². The molecule has 1 fully saturated rings. The minimum atomic E-state index is -0.234. The number of aliphatic imine (C=N–C) groups is 1. The van der Waals surface area contributed by atoms with Gasteiger partial charge < -0.3 is 19.9 Å². The molecule has 3 rings (SSSR count). The van der Waals surface area contributed by atoms with Gasteiger partial charge in [-0.3, -0.25) is 4.90 Å². The summed E-state index contributed by atoms with van der Waals surface area (Å²) >= 11 is 0. The van der Waals surface area contributed by atoms with Crippen LogP contribution in [0, 0.1) is 5.82 Å². The number of nitrogens with zero attached hydrogens (tertiary/aromatic N) is 4. The van der Waals surface area contributed by atoms with Gasteiger partial charge in [0.25, 0.3) is 0 Å². The number of halogens is 1. The van der Waals surface area contributed by atoms with Crippen molar-refractivity contribution >= 4 is 5.96 Å². The van der Waals surface area contributed by atoms with Crippen LogP contribution >= 0.6 is 0 Å². The number of aromatic nitrogens is 2. The Kier molecular flexibility index (Phi) is 7.97. The fourth-order valence-corrected chi connectivity index (χ4v) is 3.34. The summed E-state index contributed by atoms with van der Waals surface area (Å²) in [6, 6.07) is 6.77. The minimum Gasteiger partial charge on any atom is -0.379 e. The molecule has 0 amide bonds. The Bertz CT molecular complexity index is 840. The predicted molar refractivity (Wildman–Crippen MR) is 117 cm³/mol. The van der Waals surface area contributed by atoms with Crippen molar-refractivity contribution in [2.45, 2.75) is 45.7 Å². The molecule has 2 heterocycles. The van der Waals surface area contributed by atoms with Crippen LogP contribution in [0.25, 0.3) is 0 Å². The van der Waals surface area contributed by atoms with Crippen molar-refractivity contribution in [1.29, 1.82) is 0 Å². The van der Waals surface area contributed by atoms with Crippen molar-refractivity contribution in [3.8, 4) is 0 Å². The molecule has 0 aliphatic carbocycles. The largest absolute Gasteiger partial charge is 0.379 e. The number of ether oxygens (including phenoxy) is 1. The molecular formula is C22H33FN6O2. The quantitative estimate of drug-likeness (QED) is 0.514. The number of hydrogen-bond donors (Lipinski definition) is 2. The minimum absolute atomic E-state index is 0.0750. The highest BCUT2D eigenvalue weighted by atomic mass is 19.1. The van der Waals surface area contributed by atoms with Crippen molar-refractivity contribution in [2.24, 2.45) is 4.99 Å². The summed E-state index contributed by atoms with van der Waals surface area (Å²) in [7, 11) is 0. The van der Waals surface area contributed by atoms with Crippen LogP contribution in [0.2, 0.25) is 0 Å². The summed E-state index contributed by atoms with van der Waals surface area (Å²) in [6.07, 6.45) is 0. The zero-order valence-corrected chi connectivity index (χ0v) is 18.8. The van der Waals surface area contributed by atoms with E-state index in [1.807, 2.05) is 39.8 Å². The number of hydrogen-bond acceptors (Lipinski definition) is 6. The van der Waals surface area contributed by atoms with E-state index in [1.165, 1.54) is 12.1 Å². The Hall–Kier alpha value is -2.52. The van der Waals surface area contributed by atoms with Crippen molar-refractivity contribution in [3.05, 3.63) is 47.4 Å². The first kappa shape index (κ1) is 23.1. The summed E-state index contributed by atoms with van der Waals surface area (Å²) in [5.41, 5.74) is 0.859. The topological polar surface area (TPSA) is 87.8 Å². The fraction of sp³-hybridized carbons (Fsp3) is 0.591. The Balaban J connectivity index is 1.69. The standard InChI is InChI=1S/C22H33FN6O2/c1-5-24-21(26-15-19-27-20(31-28-19)22(2,3)4)25-14-18(29-10-12-30-13-11-29)16-6-8-17(23)9-7-16/h6-9,18H,5,10-15H2,1-4H3,(H2,24,25,26). The van der Waals surface area contributed by atoms with Crippen LogP contribution in [-0.4, -0.2) is 60.4 Å². The number of benzene rings is 1. The van der Waals surface area contributed by atoms with Crippen LogP contribution in [0.5, 0.6) is 0 Å². The second-order valence-electron chi connectivity index (χ2n) is 8.56. The molecule has 0 spiro atoms. The SMILES string of the molecule is CCNC(=NCc1noc(C(C)(C)C)n1)NCC(c1ccc(F)cc1)N1CCOCC1. The van der Waals surface area contributed by atoms with E-state index in [0.717, 1.165) is 25.2 Å². The second-order valence-corrected chi connectivity index (χ2v) is 8.56. The number of guanidine groups is 1. The molecule has 1 unspecified atom stereocenters. The molecule has 1 saturated heterocycles. The average molecular weight is 433 g/mol. The van der Waals surface area contributed by atoms with Gasteiger partial charge in [0.05, 0.1) is 19.3 Å². The third kappa shape index (κ3) is 6.73. The monoisotopic (exact) mass is 432 g/mol. The first-order valence-electron chi connectivity index (χ1n) is 10.8. The van der Waals surface area contributed by atoms with Crippen molar-refractivity contribution in [1.82, 2.24) is 25.7 Å². The molecule has 1 aromatic heterocycles. The zero-order valence-electron chi connectivity index (χ0n) is 18.8. The molecule has 2 N–H and O–H groups in total. The number of nitrogens with one attached hydrogen (secondary N) is 2. The van der Waals surface area contributed by atoms with Crippen LogP contribution in [-0.2, 0) is 16.7 Å². The average Bonchev–Trinajstić information content (AvgIpc) is 3.24. The number of morpholine rings is 1. The lowest BCUT2D eigenvalue weighted by molar-refractivity contribution is 0.0170. The third-order valence-electron chi connectivity index (χ3n) is 5.04. The van der Waals surface area contributed by atoms with Crippen molar-refractivity contribution < 1.29 is 13.7 Å². The van der Waals surface area contributed by atoms with Gasteiger partial charge in [0, 0.05) is 31.6 Å². The third-order valence-corrected chi connectivity index (χ3v) is 5.04. The lowest BCUT2D eigenvalue weighted by Gasteiger charge is -2.35. The Labute approximate surface area is 183 Å². The van der Waals surface area contributed by atoms with Gasteiger partial charge in [-0.1, -0.05) is 38.1 Å². The summed E-state index contributed by atoms with van der Waals surface area (Å²) in [5, 5.41) is 10.7. The maximum absolute atomic E-state index is 13.4. The molecule has 2 aromatic rings. The Morgan fingerprint density at radius 3 is 2.52 bits per heavy atom. The molecule has 0 saturated carbocycles. The molecule has 1 aromatic carbocycles. The Morgan fingerprint density at radius 1 is 1.19 bits per heavy atom. The highest BCUT2D eigenvalue weighted by Gasteiger charge is 2.24. The highest BCUT2D eigenvalue weighted by Crippen LogP contribution is 2.22. The number of rotatable bonds is 7. The fourth-order valence-electron chi connectivity index (χ4n) is 3.34. The van der Waals surface area contributed by atoms with Crippen LogP contribution in [0.4, 0.5) is 4.39 Å². The van der Waals surface area contributed by atoms with Gasteiger partial charge in [-0.2, -0.15) is 4.98 Å². The molecule has 0 bridgehead atoms. The van der Waals surface area contributed by atoms with Gasteiger partial charge in [0.1, 0.15) is 12.4 Å². The highest BCUT2D eigenvalue weighted by molar-refractivity contribution is 5.79. The van der Waals surface area contributed by atoms with E-state index in [4.69, 9.17) is 9.26 Å². The van der Waals surface area contributed by atoms with E-state index in [0.29, 0.717) is 44.0 Å². The van der Waals surface area contributed by atoms with Crippen LogP contribution < -0.4 is 10.6 Å². The van der Waals surface area contributed by atoms with Gasteiger partial charge in [-0.15, -0.1) is 0 Å². The van der Waals surface area contributed by atoms with E-state index in [2.05, 4.69) is 30.7 Å². The predicted octanol–water partition coefficient (Wildman–Crippen LogP) is 2.63. The van der Waals surface area contributed by atoms with E-state index in [-0.39, 0.29) is 17.3 Å². The second kappa shape index (κ2) is 10.7. The van der Waals surface area contributed by atoms with Crippen molar-refractivity contribution in [3.63, 3.8) is 0 Å². The van der Waals surface area contributed by atoms with E-state index >= 15 is 0 Å². The molecule has 1 atom stereocenters. The molecule has 1 aliphatic heterocycles. The molecule has 31 heavy (non-hydrogen) atoms. The molecule has 9 heteroatoms. The summed E-state index contributed by atoms with van der Waals surface area (Å²) < 4.78 is 24.3. The maximum atomic E-state index is 13.4. The van der Waals surface area contributed by atoms with E-state index in [9.17, 15) is 4.39 Å². The van der Waals surface area contributed by atoms with E-state index < -0.39 is 0 Å². The van der Waals surface area contributed by atoms with Gasteiger partial charge in [0.2, 0.25) is 5.89 Å². The van der Waals surface area contributed by atoms with E-state index in [1.54, 1.807) is 0 Å². The maximum Gasteiger partial charge on any atom is 0.232 e. The smallest absolute Gasteiger partial charge is 0.232 e. The van der Waals surface area contributed by atoms with Gasteiger partial charge in [0.15, 0.2) is 11.8 Å². The molecule has 8 nitrogen and oxygen atoms in total. The zero-order chi connectivity index (χ0) is 22.3. The van der Waals surface area contributed by atoms with Gasteiger partial charge in [-0.25, -0.2) is 9.38 Å². The lowest BCUT2D eigenvalue weighted by atomic mass is 9.97. The van der Waals surface area contributed by atoms with Gasteiger partial charge in [-0.05, 0) is 24.6 Å². The van der Waals surface area contributed by atoms with Crippen molar-refractivity contribution in [2.75, 3.05) is 39.4 Å². The summed E-state index contributed by atoms with van der Waals surface area (Å²) in [4.78, 5) is 11.4. The molecular weight excluding hydrogens is 399 g/mol. The molecule has 170 valence electrons. The normalized spacial score (nSPS) is 16.9. The molecule has 1 aliphatic rings. The Morgan fingerprint density at radius 2 is 1.90 bits per heavy atom. The van der Waals surface area contributed by atoms with Crippen LogP contribution in [0.1, 0.15) is 51.0 Å². The molecule has 0 radical (unpaired) electrons. The lowest BCUT2D eigenvalue weighted by Crippen LogP contribution is -2.46.